The lowest BCUT2D eigenvalue weighted by Gasteiger charge is -2.42. The van der Waals surface area contributed by atoms with Gasteiger partial charge in [-0.05, 0) is 49.1 Å². The number of aryl methyl sites for hydroxylation is 1. The second-order valence-corrected chi connectivity index (χ2v) is 9.90. The number of fused-ring (bicyclic) bond motifs is 1. The van der Waals surface area contributed by atoms with Crippen LogP contribution in [0.25, 0.3) is 11.0 Å². The van der Waals surface area contributed by atoms with Crippen LogP contribution >= 0.6 is 0 Å². The first-order valence-electron chi connectivity index (χ1n) is 12.8. The molecule has 2 aromatic carbocycles. The van der Waals surface area contributed by atoms with E-state index in [1.807, 2.05) is 54.4 Å². The number of amides is 3. The highest BCUT2D eigenvalue weighted by atomic mass is 16.5. The molecular weight excluding hydrogens is 470 g/mol. The Hall–Kier alpha value is -3.43. The minimum Gasteiger partial charge on any atom is -0.497 e. The number of imide groups is 1. The van der Waals surface area contributed by atoms with Crippen LogP contribution in [0.2, 0.25) is 0 Å². The van der Waals surface area contributed by atoms with Gasteiger partial charge in [0.2, 0.25) is 0 Å². The largest absolute Gasteiger partial charge is 0.497 e. The SMILES string of the molecule is COCCCN1C(=O)N(Cc2ccc(OC)cc2)C(=O)C12CCN(Cc1nc3ccccc3n1C)CC2. The van der Waals surface area contributed by atoms with Gasteiger partial charge in [0.05, 0.1) is 31.2 Å². The van der Waals surface area contributed by atoms with Gasteiger partial charge in [0.15, 0.2) is 0 Å². The Morgan fingerprint density at radius 3 is 2.38 bits per heavy atom. The fourth-order valence-electron chi connectivity index (χ4n) is 5.61. The number of aromatic nitrogens is 2. The fraction of sp³-hybridized carbons (Fsp3) is 0.464. The van der Waals surface area contributed by atoms with Crippen molar-refractivity contribution >= 4 is 23.0 Å². The van der Waals surface area contributed by atoms with E-state index >= 15 is 0 Å². The predicted octanol–water partition coefficient (Wildman–Crippen LogP) is 3.42. The summed E-state index contributed by atoms with van der Waals surface area (Å²) >= 11 is 0. The van der Waals surface area contributed by atoms with Crippen LogP contribution in [0, 0.1) is 0 Å². The average molecular weight is 506 g/mol. The Bertz CT molecular complexity index is 1260. The van der Waals surface area contributed by atoms with Crippen molar-refractivity contribution in [2.24, 2.45) is 7.05 Å². The highest BCUT2D eigenvalue weighted by Crippen LogP contribution is 2.38. The summed E-state index contributed by atoms with van der Waals surface area (Å²) in [5.41, 5.74) is 2.19. The van der Waals surface area contributed by atoms with Crippen LogP contribution in [0.15, 0.2) is 48.5 Å². The van der Waals surface area contributed by atoms with E-state index in [1.165, 1.54) is 4.90 Å². The van der Waals surface area contributed by atoms with Crippen LogP contribution in [0.1, 0.15) is 30.7 Å². The number of hydrogen-bond acceptors (Lipinski definition) is 6. The van der Waals surface area contributed by atoms with Crippen molar-refractivity contribution in [1.29, 1.82) is 0 Å². The molecule has 1 spiro atoms. The lowest BCUT2D eigenvalue weighted by molar-refractivity contribution is -0.136. The third kappa shape index (κ3) is 4.69. The zero-order valence-corrected chi connectivity index (χ0v) is 21.9. The van der Waals surface area contributed by atoms with Crippen molar-refractivity contribution in [1.82, 2.24) is 24.3 Å². The third-order valence-corrected chi connectivity index (χ3v) is 7.78. The number of methoxy groups -OCH3 is 2. The number of carbonyl (C=O) groups is 2. The fourth-order valence-corrected chi connectivity index (χ4v) is 5.61. The van der Waals surface area contributed by atoms with Crippen LogP contribution in [0.3, 0.4) is 0 Å². The molecule has 2 aliphatic rings. The van der Waals surface area contributed by atoms with E-state index in [0.717, 1.165) is 41.3 Å². The molecule has 2 saturated heterocycles. The van der Waals surface area contributed by atoms with Crippen LogP contribution in [0.4, 0.5) is 4.79 Å². The normalized spacial score (nSPS) is 17.9. The minimum absolute atomic E-state index is 0.0897. The topological polar surface area (TPSA) is 80.1 Å². The van der Waals surface area contributed by atoms with Gasteiger partial charge in [-0.15, -0.1) is 0 Å². The van der Waals surface area contributed by atoms with Crippen molar-refractivity contribution < 1.29 is 19.1 Å². The van der Waals surface area contributed by atoms with E-state index in [-0.39, 0.29) is 18.5 Å². The molecule has 2 aliphatic heterocycles. The molecule has 196 valence electrons. The number of piperidine rings is 1. The third-order valence-electron chi connectivity index (χ3n) is 7.78. The van der Waals surface area contributed by atoms with Crippen molar-refractivity contribution in [2.75, 3.05) is 40.5 Å². The number of ether oxygens (including phenoxy) is 2. The molecule has 0 radical (unpaired) electrons. The second kappa shape index (κ2) is 10.5. The molecule has 0 N–H and O–H groups in total. The zero-order valence-electron chi connectivity index (χ0n) is 21.9. The van der Waals surface area contributed by atoms with E-state index in [4.69, 9.17) is 14.5 Å². The summed E-state index contributed by atoms with van der Waals surface area (Å²) in [6, 6.07) is 15.4. The molecule has 3 heterocycles. The zero-order chi connectivity index (χ0) is 26.0. The van der Waals surface area contributed by atoms with E-state index in [2.05, 4.69) is 15.5 Å². The first-order chi connectivity index (χ1) is 18.0. The van der Waals surface area contributed by atoms with Crippen LogP contribution in [0.5, 0.6) is 5.75 Å². The Labute approximate surface area is 217 Å². The van der Waals surface area contributed by atoms with Gasteiger partial charge in [0.1, 0.15) is 17.1 Å². The molecular formula is C28H35N5O4. The number of carbonyl (C=O) groups excluding carboxylic acids is 2. The van der Waals surface area contributed by atoms with Gasteiger partial charge in [-0.3, -0.25) is 14.6 Å². The van der Waals surface area contributed by atoms with Gasteiger partial charge in [-0.25, -0.2) is 9.78 Å². The Balaban J connectivity index is 1.32. The van der Waals surface area contributed by atoms with Crippen molar-refractivity contribution in [3.63, 3.8) is 0 Å². The van der Waals surface area contributed by atoms with E-state index < -0.39 is 5.54 Å². The molecule has 0 aliphatic carbocycles. The summed E-state index contributed by atoms with van der Waals surface area (Å²) < 4.78 is 12.6. The summed E-state index contributed by atoms with van der Waals surface area (Å²) in [5.74, 6) is 1.66. The first kappa shape index (κ1) is 25.2. The summed E-state index contributed by atoms with van der Waals surface area (Å²) in [6.45, 7) is 3.46. The molecule has 0 saturated carbocycles. The van der Waals surface area contributed by atoms with E-state index in [1.54, 1.807) is 14.2 Å². The van der Waals surface area contributed by atoms with Gasteiger partial charge in [0, 0.05) is 40.4 Å². The number of urea groups is 1. The van der Waals surface area contributed by atoms with Gasteiger partial charge in [0.25, 0.3) is 5.91 Å². The van der Waals surface area contributed by atoms with Gasteiger partial charge in [-0.1, -0.05) is 24.3 Å². The molecule has 37 heavy (non-hydrogen) atoms. The summed E-state index contributed by atoms with van der Waals surface area (Å²) in [4.78, 5) is 37.8. The molecule has 5 rings (SSSR count). The van der Waals surface area contributed by atoms with Crippen molar-refractivity contribution in [2.45, 2.75) is 37.9 Å². The molecule has 9 heteroatoms. The lowest BCUT2D eigenvalue weighted by Crippen LogP contribution is -2.56. The average Bonchev–Trinajstić information content (AvgIpc) is 3.33. The Kier molecular flexibility index (Phi) is 7.17. The van der Waals surface area contributed by atoms with E-state index in [0.29, 0.717) is 39.0 Å². The van der Waals surface area contributed by atoms with Crippen LogP contribution in [-0.2, 0) is 29.7 Å². The Morgan fingerprint density at radius 1 is 0.973 bits per heavy atom. The first-order valence-corrected chi connectivity index (χ1v) is 12.8. The molecule has 3 amide bonds. The number of imidazole rings is 1. The number of rotatable bonds is 9. The molecule has 9 nitrogen and oxygen atoms in total. The molecule has 0 unspecified atom stereocenters. The highest BCUT2D eigenvalue weighted by molar-refractivity contribution is 6.07. The summed E-state index contributed by atoms with van der Waals surface area (Å²) in [6.07, 6.45) is 1.90. The van der Waals surface area contributed by atoms with Crippen LogP contribution in [-0.4, -0.2) is 82.2 Å². The van der Waals surface area contributed by atoms with Crippen LogP contribution < -0.4 is 4.74 Å². The minimum atomic E-state index is -0.805. The maximum Gasteiger partial charge on any atom is 0.327 e. The van der Waals surface area contributed by atoms with Gasteiger partial charge in [-0.2, -0.15) is 0 Å². The summed E-state index contributed by atoms with van der Waals surface area (Å²) in [7, 11) is 5.32. The maximum absolute atomic E-state index is 13.9. The van der Waals surface area contributed by atoms with E-state index in [9.17, 15) is 9.59 Å². The second-order valence-electron chi connectivity index (χ2n) is 9.90. The molecule has 3 aromatic rings. The van der Waals surface area contributed by atoms with Gasteiger partial charge < -0.3 is 18.9 Å². The highest BCUT2D eigenvalue weighted by Gasteiger charge is 2.57. The molecule has 0 bridgehead atoms. The number of nitrogens with zero attached hydrogens (tertiary/aromatic N) is 5. The quantitative estimate of drug-likeness (QED) is 0.328. The number of benzene rings is 2. The Morgan fingerprint density at radius 2 is 1.70 bits per heavy atom. The molecule has 2 fully saturated rings. The monoisotopic (exact) mass is 505 g/mol. The van der Waals surface area contributed by atoms with Gasteiger partial charge >= 0.3 is 6.03 Å². The van der Waals surface area contributed by atoms with Crippen molar-refractivity contribution in [3.8, 4) is 5.75 Å². The number of para-hydroxylation sites is 2. The number of likely N-dealkylation sites (tertiary alicyclic amines) is 1. The predicted molar refractivity (Wildman–Crippen MR) is 140 cm³/mol. The number of hydrogen-bond donors (Lipinski definition) is 0. The molecule has 1 aromatic heterocycles. The maximum atomic E-state index is 13.9. The molecule has 0 atom stereocenters. The van der Waals surface area contributed by atoms with Crippen molar-refractivity contribution in [3.05, 3.63) is 59.9 Å². The summed E-state index contributed by atoms with van der Waals surface area (Å²) in [5, 5.41) is 0. The smallest absolute Gasteiger partial charge is 0.327 e. The lowest BCUT2D eigenvalue weighted by atomic mass is 9.85. The standard InChI is InChI=1S/C28H35N5O4/c1-30-24-8-5-4-7-23(24)29-25(30)20-31-16-13-28(14-17-31)26(34)32(27(35)33(28)15-6-18-36-2)19-21-9-11-22(37-3)12-10-21/h4-5,7-12H,6,13-20H2,1-3H3.